The summed E-state index contributed by atoms with van der Waals surface area (Å²) in [5.41, 5.74) is 3.47. The van der Waals surface area contributed by atoms with Crippen LogP contribution in [0.15, 0.2) is 42.5 Å². The smallest absolute Gasteiger partial charge is 0.161 e. The van der Waals surface area contributed by atoms with Crippen LogP contribution in [0.4, 0.5) is 0 Å². The minimum Gasteiger partial charge on any atom is -0.490 e. The van der Waals surface area contributed by atoms with Gasteiger partial charge in [-0.2, -0.15) is 0 Å². The fourth-order valence-corrected chi connectivity index (χ4v) is 2.32. The van der Waals surface area contributed by atoms with Gasteiger partial charge in [-0.25, -0.2) is 0 Å². The molecule has 4 nitrogen and oxygen atoms in total. The Morgan fingerprint density at radius 1 is 1.00 bits per heavy atom. The fraction of sp³-hybridized carbons (Fsp3) is 0.400. The molecule has 0 aliphatic rings. The topological polar surface area (TPSA) is 50.7 Å². The second kappa shape index (κ2) is 9.30. The van der Waals surface area contributed by atoms with Crippen molar-refractivity contribution in [1.82, 2.24) is 5.32 Å². The average molecular weight is 329 g/mol. The zero-order valence-electron chi connectivity index (χ0n) is 14.7. The van der Waals surface area contributed by atoms with Gasteiger partial charge in [-0.05, 0) is 44.0 Å². The lowest BCUT2D eigenvalue weighted by Gasteiger charge is -2.14. The highest BCUT2D eigenvalue weighted by Crippen LogP contribution is 2.29. The third kappa shape index (κ3) is 5.87. The van der Waals surface area contributed by atoms with Gasteiger partial charge in [0.2, 0.25) is 0 Å². The van der Waals surface area contributed by atoms with Crippen molar-refractivity contribution in [2.75, 3.05) is 13.2 Å². The predicted molar refractivity (Wildman–Crippen MR) is 96.5 cm³/mol. The van der Waals surface area contributed by atoms with Gasteiger partial charge < -0.3 is 19.9 Å². The Morgan fingerprint density at radius 3 is 2.38 bits per heavy atom. The second-order valence-electron chi connectivity index (χ2n) is 5.97. The van der Waals surface area contributed by atoms with E-state index in [-0.39, 0.29) is 6.10 Å². The van der Waals surface area contributed by atoms with Crippen molar-refractivity contribution in [3.05, 3.63) is 59.2 Å². The van der Waals surface area contributed by atoms with Crippen LogP contribution in [-0.4, -0.2) is 24.4 Å². The van der Waals surface area contributed by atoms with Gasteiger partial charge >= 0.3 is 0 Å². The van der Waals surface area contributed by atoms with Crippen LogP contribution in [0.5, 0.6) is 11.5 Å². The molecule has 4 heteroatoms. The molecule has 1 atom stereocenters. The molecule has 0 radical (unpaired) electrons. The molecule has 0 aliphatic carbocycles. The fourth-order valence-electron chi connectivity index (χ4n) is 2.32. The number of aryl methyl sites for hydroxylation is 1. The molecule has 0 saturated carbocycles. The highest BCUT2D eigenvalue weighted by atomic mass is 16.5. The van der Waals surface area contributed by atoms with Crippen LogP contribution < -0.4 is 14.8 Å². The molecule has 0 fully saturated rings. The normalized spacial score (nSPS) is 12.0. The predicted octanol–water partition coefficient (Wildman–Crippen LogP) is 3.44. The van der Waals surface area contributed by atoms with Gasteiger partial charge in [-0.1, -0.05) is 35.9 Å². The van der Waals surface area contributed by atoms with Crippen molar-refractivity contribution in [1.29, 1.82) is 0 Å². The number of aliphatic hydroxyl groups is 1. The maximum Gasteiger partial charge on any atom is 0.161 e. The van der Waals surface area contributed by atoms with Crippen LogP contribution >= 0.6 is 0 Å². The number of rotatable bonds is 9. The molecule has 24 heavy (non-hydrogen) atoms. The number of aliphatic hydroxyl groups excluding tert-OH is 1. The Labute approximate surface area is 144 Å². The quantitative estimate of drug-likeness (QED) is 0.740. The molecule has 2 aromatic rings. The first-order valence-electron chi connectivity index (χ1n) is 8.41. The SMILES string of the molecule is CCOc1cc(CNC[C@H](C)O)ccc1OCc1ccc(C)cc1. The maximum atomic E-state index is 9.30. The molecule has 130 valence electrons. The first-order chi connectivity index (χ1) is 11.6. The van der Waals surface area contributed by atoms with Crippen LogP contribution in [0, 0.1) is 6.92 Å². The molecule has 0 aliphatic heterocycles. The van der Waals surface area contributed by atoms with Crippen LogP contribution in [0.2, 0.25) is 0 Å². The maximum absolute atomic E-state index is 9.30. The molecule has 0 spiro atoms. The summed E-state index contributed by atoms with van der Waals surface area (Å²) in [4.78, 5) is 0. The lowest BCUT2D eigenvalue weighted by Crippen LogP contribution is -2.23. The third-order valence-corrected chi connectivity index (χ3v) is 3.59. The van der Waals surface area contributed by atoms with E-state index >= 15 is 0 Å². The van der Waals surface area contributed by atoms with Crippen LogP contribution in [0.25, 0.3) is 0 Å². The van der Waals surface area contributed by atoms with E-state index in [2.05, 4.69) is 36.5 Å². The molecule has 0 saturated heterocycles. The van der Waals surface area contributed by atoms with Gasteiger partial charge in [0.05, 0.1) is 12.7 Å². The van der Waals surface area contributed by atoms with E-state index in [4.69, 9.17) is 9.47 Å². The van der Waals surface area contributed by atoms with Crippen molar-refractivity contribution in [3.8, 4) is 11.5 Å². The highest BCUT2D eigenvalue weighted by molar-refractivity contribution is 5.43. The van der Waals surface area contributed by atoms with Gasteiger partial charge in [0.25, 0.3) is 0 Å². The average Bonchev–Trinajstić information content (AvgIpc) is 2.55. The number of benzene rings is 2. The first-order valence-corrected chi connectivity index (χ1v) is 8.41. The molecular formula is C20H27NO3. The summed E-state index contributed by atoms with van der Waals surface area (Å²) < 4.78 is 11.6. The van der Waals surface area contributed by atoms with Crippen LogP contribution in [-0.2, 0) is 13.2 Å². The van der Waals surface area contributed by atoms with E-state index in [1.54, 1.807) is 6.92 Å². The third-order valence-electron chi connectivity index (χ3n) is 3.59. The molecule has 0 amide bonds. The Balaban J connectivity index is 2.01. The van der Waals surface area contributed by atoms with E-state index in [0.29, 0.717) is 26.3 Å². The summed E-state index contributed by atoms with van der Waals surface area (Å²) in [5, 5.41) is 12.5. The minimum absolute atomic E-state index is 0.353. The summed E-state index contributed by atoms with van der Waals surface area (Å²) in [6, 6.07) is 14.3. The largest absolute Gasteiger partial charge is 0.490 e. The van der Waals surface area contributed by atoms with E-state index in [9.17, 15) is 5.11 Å². The van der Waals surface area contributed by atoms with Crippen molar-refractivity contribution in [3.63, 3.8) is 0 Å². The zero-order chi connectivity index (χ0) is 17.4. The lowest BCUT2D eigenvalue weighted by atomic mass is 10.1. The van der Waals surface area contributed by atoms with Gasteiger partial charge in [0.15, 0.2) is 11.5 Å². The van der Waals surface area contributed by atoms with E-state index < -0.39 is 0 Å². The van der Waals surface area contributed by atoms with Gasteiger partial charge in [-0.15, -0.1) is 0 Å². The summed E-state index contributed by atoms with van der Waals surface area (Å²) >= 11 is 0. The van der Waals surface area contributed by atoms with E-state index in [1.807, 2.05) is 25.1 Å². The minimum atomic E-state index is -0.353. The number of nitrogens with one attached hydrogen (secondary N) is 1. The molecule has 0 bridgehead atoms. The van der Waals surface area contributed by atoms with E-state index in [0.717, 1.165) is 22.6 Å². The Kier molecular flexibility index (Phi) is 7.09. The highest BCUT2D eigenvalue weighted by Gasteiger charge is 2.07. The number of hydrogen-bond donors (Lipinski definition) is 2. The summed E-state index contributed by atoms with van der Waals surface area (Å²) in [7, 11) is 0. The van der Waals surface area contributed by atoms with Crippen molar-refractivity contribution < 1.29 is 14.6 Å². The van der Waals surface area contributed by atoms with E-state index in [1.165, 1.54) is 5.56 Å². The Bertz CT molecular complexity index is 623. The standard InChI is InChI=1S/C20H27NO3/c1-4-23-20-11-18(13-21-12-16(3)22)9-10-19(20)24-14-17-7-5-15(2)6-8-17/h5-11,16,21-22H,4,12-14H2,1-3H3/t16-/m0/s1. The molecule has 2 rings (SSSR count). The number of ether oxygens (including phenoxy) is 2. The zero-order valence-corrected chi connectivity index (χ0v) is 14.7. The van der Waals surface area contributed by atoms with Gasteiger partial charge in [0.1, 0.15) is 6.61 Å². The first kappa shape index (κ1) is 18.3. The second-order valence-corrected chi connectivity index (χ2v) is 5.97. The van der Waals surface area contributed by atoms with Crippen molar-refractivity contribution in [2.24, 2.45) is 0 Å². The Hall–Kier alpha value is -2.04. The van der Waals surface area contributed by atoms with Crippen LogP contribution in [0.3, 0.4) is 0 Å². The molecular weight excluding hydrogens is 302 g/mol. The molecule has 2 N–H and O–H groups in total. The van der Waals surface area contributed by atoms with Crippen molar-refractivity contribution >= 4 is 0 Å². The van der Waals surface area contributed by atoms with Crippen LogP contribution in [0.1, 0.15) is 30.5 Å². The molecule has 0 aromatic heterocycles. The summed E-state index contributed by atoms with van der Waals surface area (Å²) in [6.07, 6.45) is -0.353. The summed E-state index contributed by atoms with van der Waals surface area (Å²) in [5.74, 6) is 1.50. The monoisotopic (exact) mass is 329 g/mol. The summed E-state index contributed by atoms with van der Waals surface area (Å²) in [6.45, 7) is 8.15. The lowest BCUT2D eigenvalue weighted by molar-refractivity contribution is 0.191. The molecule has 0 heterocycles. The Morgan fingerprint density at radius 2 is 1.71 bits per heavy atom. The molecule has 2 aromatic carbocycles. The molecule has 0 unspecified atom stereocenters. The van der Waals surface area contributed by atoms with Crippen molar-refractivity contribution in [2.45, 2.75) is 40.0 Å². The number of hydrogen-bond acceptors (Lipinski definition) is 4. The van der Waals surface area contributed by atoms with Gasteiger partial charge in [0, 0.05) is 13.1 Å². The van der Waals surface area contributed by atoms with Gasteiger partial charge in [-0.3, -0.25) is 0 Å².